The van der Waals surface area contributed by atoms with Crippen molar-refractivity contribution in [3.05, 3.63) is 0 Å². The van der Waals surface area contributed by atoms with Crippen LogP contribution in [0.5, 0.6) is 0 Å². The van der Waals surface area contributed by atoms with Crippen molar-refractivity contribution >= 4 is 23.5 Å². The first-order valence-electron chi connectivity index (χ1n) is 7.26. The lowest BCUT2D eigenvalue weighted by atomic mass is 9.87. The molecule has 0 amide bonds. The van der Waals surface area contributed by atoms with E-state index in [1.165, 1.54) is 0 Å². The van der Waals surface area contributed by atoms with Crippen LogP contribution in [0.3, 0.4) is 0 Å². The zero-order valence-electron chi connectivity index (χ0n) is 13.3. The Morgan fingerprint density at radius 1 is 1.30 bits per heavy atom. The minimum absolute atomic E-state index is 0.0549. The second kappa shape index (κ2) is 6.94. The van der Waals surface area contributed by atoms with E-state index >= 15 is 0 Å². The fourth-order valence-corrected chi connectivity index (χ4v) is 3.18. The quantitative estimate of drug-likeness (QED) is 0.576. The highest BCUT2D eigenvalue weighted by Gasteiger charge is 2.38. The van der Waals surface area contributed by atoms with Crippen molar-refractivity contribution in [1.29, 1.82) is 0 Å². The lowest BCUT2D eigenvalue weighted by molar-refractivity contribution is -0.158. The Morgan fingerprint density at radius 2 is 1.95 bits per heavy atom. The van der Waals surface area contributed by atoms with Gasteiger partial charge < -0.3 is 4.74 Å². The molecule has 4 nitrogen and oxygen atoms in total. The second-order valence-electron chi connectivity index (χ2n) is 6.40. The van der Waals surface area contributed by atoms with Crippen LogP contribution in [0.1, 0.15) is 41.0 Å². The molecule has 1 aliphatic heterocycles. The normalized spacial score (nSPS) is 20.2. The molecular formula is C15H27NO3S. The second-order valence-corrected chi connectivity index (χ2v) is 8.21. The SMILES string of the molecule is CCOC(=O)C(C)(C)C(=O)CN1CCSC(C)(C)CC1. The van der Waals surface area contributed by atoms with E-state index in [9.17, 15) is 9.59 Å². The van der Waals surface area contributed by atoms with Gasteiger partial charge in [0.25, 0.3) is 0 Å². The molecule has 0 aliphatic carbocycles. The third kappa shape index (κ3) is 4.77. The van der Waals surface area contributed by atoms with Crippen LogP contribution >= 0.6 is 11.8 Å². The van der Waals surface area contributed by atoms with Gasteiger partial charge in [0.05, 0.1) is 13.2 Å². The average Bonchev–Trinajstić information content (AvgIpc) is 2.51. The Bertz CT molecular complexity index is 366. The Morgan fingerprint density at radius 3 is 2.55 bits per heavy atom. The standard InChI is InChI=1S/C15H27NO3S/c1-6-19-13(18)15(4,5)12(17)11-16-8-7-14(2,3)20-10-9-16/h6-11H2,1-5H3. The third-order valence-corrected chi connectivity index (χ3v) is 5.15. The molecule has 5 heteroatoms. The molecule has 0 N–H and O–H groups in total. The third-order valence-electron chi connectivity index (χ3n) is 3.78. The fourth-order valence-electron chi connectivity index (χ4n) is 2.05. The van der Waals surface area contributed by atoms with Crippen molar-refractivity contribution in [2.75, 3.05) is 32.0 Å². The summed E-state index contributed by atoms with van der Waals surface area (Å²) in [5, 5.41) is 0. The van der Waals surface area contributed by atoms with E-state index in [0.717, 1.165) is 25.3 Å². The first-order chi connectivity index (χ1) is 9.19. The van der Waals surface area contributed by atoms with Crippen molar-refractivity contribution in [3.8, 4) is 0 Å². The molecule has 1 fully saturated rings. The Kier molecular flexibility index (Phi) is 6.07. The van der Waals surface area contributed by atoms with Crippen LogP contribution in [0.2, 0.25) is 0 Å². The minimum atomic E-state index is -1.05. The molecule has 0 bridgehead atoms. The van der Waals surface area contributed by atoms with Gasteiger partial charge in [-0.3, -0.25) is 14.5 Å². The molecule has 0 spiro atoms. The Hall–Kier alpha value is -0.550. The molecule has 1 heterocycles. The van der Waals surface area contributed by atoms with E-state index in [0.29, 0.717) is 13.2 Å². The summed E-state index contributed by atoms with van der Waals surface area (Å²) in [6.45, 7) is 12.0. The number of hydrogen-bond donors (Lipinski definition) is 0. The lowest BCUT2D eigenvalue weighted by Gasteiger charge is -2.26. The van der Waals surface area contributed by atoms with Gasteiger partial charge in [-0.1, -0.05) is 13.8 Å². The summed E-state index contributed by atoms with van der Waals surface area (Å²) in [5.74, 6) is 0.551. The van der Waals surface area contributed by atoms with Gasteiger partial charge in [0.15, 0.2) is 5.78 Å². The molecular weight excluding hydrogens is 274 g/mol. The molecule has 0 aromatic carbocycles. The van der Waals surface area contributed by atoms with Crippen LogP contribution in [-0.2, 0) is 14.3 Å². The summed E-state index contributed by atoms with van der Waals surface area (Å²) in [6.07, 6.45) is 1.06. The van der Waals surface area contributed by atoms with Crippen LogP contribution in [0.4, 0.5) is 0 Å². The van der Waals surface area contributed by atoms with Crippen molar-refractivity contribution < 1.29 is 14.3 Å². The summed E-state index contributed by atoms with van der Waals surface area (Å²) in [7, 11) is 0. The van der Waals surface area contributed by atoms with E-state index in [1.807, 2.05) is 11.8 Å². The van der Waals surface area contributed by atoms with Crippen LogP contribution in [0.25, 0.3) is 0 Å². The van der Waals surface area contributed by atoms with Crippen LogP contribution in [0.15, 0.2) is 0 Å². The molecule has 1 saturated heterocycles. The van der Waals surface area contributed by atoms with E-state index in [-0.39, 0.29) is 10.5 Å². The lowest BCUT2D eigenvalue weighted by Crippen LogP contribution is -2.43. The topological polar surface area (TPSA) is 46.6 Å². The molecule has 116 valence electrons. The van der Waals surface area contributed by atoms with Gasteiger partial charge in [-0.15, -0.1) is 0 Å². The monoisotopic (exact) mass is 301 g/mol. The largest absolute Gasteiger partial charge is 0.465 e. The summed E-state index contributed by atoms with van der Waals surface area (Å²) in [5.41, 5.74) is -1.05. The first-order valence-corrected chi connectivity index (χ1v) is 8.24. The average molecular weight is 301 g/mol. The molecule has 0 unspecified atom stereocenters. The molecule has 0 aromatic heterocycles. The molecule has 0 saturated carbocycles. The number of Topliss-reactive ketones (excluding diaryl/α,β-unsaturated/α-hetero) is 1. The Labute approximate surface area is 126 Å². The molecule has 0 radical (unpaired) electrons. The fraction of sp³-hybridized carbons (Fsp3) is 0.867. The number of hydrogen-bond acceptors (Lipinski definition) is 5. The van der Waals surface area contributed by atoms with Crippen LogP contribution < -0.4 is 0 Å². The van der Waals surface area contributed by atoms with Gasteiger partial charge >= 0.3 is 5.97 Å². The van der Waals surface area contributed by atoms with E-state index in [2.05, 4.69) is 18.7 Å². The molecule has 1 rings (SSSR count). The van der Waals surface area contributed by atoms with Gasteiger partial charge in [0.1, 0.15) is 5.41 Å². The molecule has 0 aromatic rings. The number of carbonyl (C=O) groups is 2. The van der Waals surface area contributed by atoms with Crippen molar-refractivity contribution in [1.82, 2.24) is 4.90 Å². The van der Waals surface area contributed by atoms with Gasteiger partial charge in [-0.05, 0) is 33.7 Å². The summed E-state index contributed by atoms with van der Waals surface area (Å²) >= 11 is 1.95. The molecule has 0 atom stereocenters. The van der Waals surface area contributed by atoms with Crippen LogP contribution in [-0.4, -0.2) is 53.4 Å². The number of ether oxygens (including phenoxy) is 1. The highest BCUT2D eigenvalue weighted by atomic mass is 32.2. The first kappa shape index (κ1) is 17.5. The smallest absolute Gasteiger partial charge is 0.319 e. The number of thioether (sulfide) groups is 1. The minimum Gasteiger partial charge on any atom is -0.465 e. The van der Waals surface area contributed by atoms with E-state index < -0.39 is 11.4 Å². The zero-order chi connectivity index (χ0) is 15.4. The summed E-state index contributed by atoms with van der Waals surface area (Å²) in [6, 6.07) is 0. The van der Waals surface area contributed by atoms with Crippen molar-refractivity contribution in [2.45, 2.75) is 45.8 Å². The highest BCUT2D eigenvalue weighted by Crippen LogP contribution is 2.31. The van der Waals surface area contributed by atoms with E-state index in [1.54, 1.807) is 20.8 Å². The number of rotatable bonds is 5. The van der Waals surface area contributed by atoms with Gasteiger partial charge in [0, 0.05) is 17.0 Å². The summed E-state index contributed by atoms with van der Waals surface area (Å²) in [4.78, 5) is 26.4. The Balaban J connectivity index is 2.59. The predicted molar refractivity (Wildman–Crippen MR) is 83.0 cm³/mol. The van der Waals surface area contributed by atoms with Crippen molar-refractivity contribution in [2.24, 2.45) is 5.41 Å². The number of esters is 1. The summed E-state index contributed by atoms with van der Waals surface area (Å²) < 4.78 is 5.26. The highest BCUT2D eigenvalue weighted by molar-refractivity contribution is 8.00. The zero-order valence-corrected chi connectivity index (χ0v) is 14.1. The van der Waals surface area contributed by atoms with Crippen molar-refractivity contribution in [3.63, 3.8) is 0 Å². The number of carbonyl (C=O) groups excluding carboxylic acids is 2. The predicted octanol–water partition coefficient (Wildman–Crippen LogP) is 2.36. The van der Waals surface area contributed by atoms with Crippen LogP contribution in [0, 0.1) is 5.41 Å². The maximum Gasteiger partial charge on any atom is 0.319 e. The maximum absolute atomic E-state index is 12.4. The van der Waals surface area contributed by atoms with Gasteiger partial charge in [-0.2, -0.15) is 11.8 Å². The van der Waals surface area contributed by atoms with E-state index in [4.69, 9.17) is 4.74 Å². The van der Waals surface area contributed by atoms with Gasteiger partial charge in [-0.25, -0.2) is 0 Å². The maximum atomic E-state index is 12.4. The number of nitrogens with zero attached hydrogens (tertiary/aromatic N) is 1. The number of ketones is 1. The van der Waals surface area contributed by atoms with Gasteiger partial charge in [0.2, 0.25) is 0 Å². The molecule has 1 aliphatic rings. The molecule has 20 heavy (non-hydrogen) atoms.